The van der Waals surface area contributed by atoms with Crippen molar-refractivity contribution in [2.45, 2.75) is 172 Å². The molecular weight excluding hydrogens is 1430 g/mol. The number of benzene rings is 3. The number of hydrogen-bond donors (Lipinski definition) is 21. The molecule has 3 aromatic rings. The van der Waals surface area contributed by atoms with Crippen LogP contribution in [0.2, 0.25) is 0 Å². The van der Waals surface area contributed by atoms with Crippen LogP contribution in [0.1, 0.15) is 35.8 Å². The molecule has 7 aliphatic rings. The lowest BCUT2D eigenvalue weighted by atomic mass is 9.92. The minimum Gasteiger partial charge on any atom is -0.461 e. The molecule has 38 heteroatoms. The van der Waals surface area contributed by atoms with Crippen LogP contribution in [-0.4, -0.2) is 306 Å². The predicted octanol–water partition coefficient (Wildman–Crippen LogP) is -10.2. The van der Waals surface area contributed by atoms with Crippen LogP contribution in [0.5, 0.6) is 5.75 Å². The number of nitrogens with two attached hydrogens (primary N) is 2. The third-order valence-electron chi connectivity index (χ3n) is 18.1. The highest BCUT2D eigenvalue weighted by Crippen LogP contribution is 2.37. The summed E-state index contributed by atoms with van der Waals surface area (Å²) in [7, 11) is 0. The van der Waals surface area contributed by atoms with Gasteiger partial charge < -0.3 is 148 Å². The molecule has 7 heterocycles. The second-order valence-electron chi connectivity index (χ2n) is 24.7. The van der Waals surface area contributed by atoms with Crippen molar-refractivity contribution in [2.24, 2.45) is 21.5 Å². The van der Waals surface area contributed by atoms with E-state index in [0.29, 0.717) is 11.1 Å². The van der Waals surface area contributed by atoms with Crippen molar-refractivity contribution >= 4 is 70.0 Å². The Morgan fingerprint density at radius 1 is 0.626 bits per heavy atom. The first-order chi connectivity index (χ1) is 47.3. The van der Waals surface area contributed by atoms with Crippen molar-refractivity contribution in [2.75, 3.05) is 46.1 Å². The average Bonchev–Trinajstić information content (AvgIpc) is 1.76. The Morgan fingerprint density at radius 2 is 1.27 bits per heavy atom. The van der Waals surface area contributed by atoms with E-state index in [2.05, 4.69) is 47.2 Å². The maximum absolute atomic E-state index is 15.3. The van der Waals surface area contributed by atoms with E-state index in [-0.39, 0.29) is 34.0 Å². The fourth-order valence-electron chi connectivity index (χ4n) is 12.5. The van der Waals surface area contributed by atoms with Gasteiger partial charge in [0.15, 0.2) is 30.7 Å². The highest BCUT2D eigenvalue weighted by molar-refractivity contribution is 14.1. The summed E-state index contributed by atoms with van der Waals surface area (Å²) < 4.78 is 41.7. The summed E-state index contributed by atoms with van der Waals surface area (Å²) in [4.78, 5) is 96.8. The van der Waals surface area contributed by atoms with Crippen LogP contribution in [-0.2, 0) is 63.6 Å². The van der Waals surface area contributed by atoms with Crippen LogP contribution in [0.3, 0.4) is 0 Å². The summed E-state index contributed by atoms with van der Waals surface area (Å²) in [5.41, 5.74) is 13.6. The van der Waals surface area contributed by atoms with E-state index < -0.39 is 239 Å². The van der Waals surface area contributed by atoms with E-state index in [1.807, 2.05) is 22.6 Å². The number of guanidine groups is 2. The van der Waals surface area contributed by atoms with Crippen LogP contribution >= 0.6 is 22.6 Å². The third kappa shape index (κ3) is 16.6. The smallest absolute Gasteiger partial charge is 0.246 e. The Morgan fingerprint density at radius 3 is 1.94 bits per heavy atom. The Hall–Kier alpha value is -7.17. The first-order valence-electron chi connectivity index (χ1n) is 31.6. The molecule has 5 fully saturated rings. The summed E-state index contributed by atoms with van der Waals surface area (Å²) in [6.45, 7) is -3.19. The number of nitrogens with one attached hydrogen (secondary N) is 7. The second kappa shape index (κ2) is 32.6. The number of aliphatic hydroxyl groups is 12. The molecule has 10 rings (SSSR count). The van der Waals surface area contributed by atoms with Crippen LogP contribution in [0.15, 0.2) is 88.8 Å². The zero-order chi connectivity index (χ0) is 71.3. The first kappa shape index (κ1) is 74.5. The summed E-state index contributed by atoms with van der Waals surface area (Å²) in [6.07, 6.45) is -30.7. The normalized spacial score (nSPS) is 36.9. The Kier molecular flexibility index (Phi) is 24.6. The van der Waals surface area contributed by atoms with Gasteiger partial charge in [-0.3, -0.25) is 38.8 Å². The van der Waals surface area contributed by atoms with Gasteiger partial charge in [-0.25, -0.2) is 0 Å². The van der Waals surface area contributed by atoms with E-state index in [1.54, 1.807) is 67.6 Å². The van der Waals surface area contributed by atoms with Crippen molar-refractivity contribution in [3.05, 3.63) is 99.1 Å². The molecule has 99 heavy (non-hydrogen) atoms. The fourth-order valence-corrected chi connectivity index (χ4v) is 13.2. The number of carbonyl (C=O) groups is 6. The van der Waals surface area contributed by atoms with Crippen molar-refractivity contribution in [1.29, 1.82) is 0 Å². The monoisotopic (exact) mass is 1510 g/mol. The molecule has 26 unspecified atom stereocenters. The molecule has 3 aromatic carbocycles. The number of carbonyl (C=O) groups excluding carboxylic acids is 6. The van der Waals surface area contributed by atoms with Gasteiger partial charge in [-0.2, -0.15) is 0 Å². The quantitative estimate of drug-likeness (QED) is 0.0558. The molecule has 5 saturated heterocycles. The molecule has 6 amide bonds. The zero-order valence-electron chi connectivity index (χ0n) is 52.7. The van der Waals surface area contributed by atoms with Gasteiger partial charge in [0.05, 0.1) is 61.7 Å². The molecule has 0 spiro atoms. The lowest BCUT2D eigenvalue weighted by Gasteiger charge is -2.48. The Labute approximate surface area is 577 Å². The van der Waals surface area contributed by atoms with Crippen molar-refractivity contribution < 1.29 is 123 Å². The van der Waals surface area contributed by atoms with Crippen molar-refractivity contribution in [3.8, 4) is 5.75 Å². The predicted molar refractivity (Wildman–Crippen MR) is 343 cm³/mol. The first-order valence-corrected chi connectivity index (χ1v) is 32.7. The molecule has 0 aliphatic carbocycles. The van der Waals surface area contributed by atoms with Gasteiger partial charge in [0, 0.05) is 17.9 Å². The topological polar surface area (TPSA) is 574 Å². The van der Waals surface area contributed by atoms with Crippen LogP contribution in [0, 0.1) is 3.57 Å². The number of rotatable bonds is 17. The summed E-state index contributed by atoms with van der Waals surface area (Å²) in [5.74, 6) is -8.87. The highest BCUT2D eigenvalue weighted by atomic mass is 127. The number of hydrogen-bond acceptors (Lipinski definition) is 31. The van der Waals surface area contributed by atoms with Gasteiger partial charge in [-0.1, -0.05) is 73.7 Å². The van der Waals surface area contributed by atoms with E-state index >= 15 is 9.59 Å². The van der Waals surface area contributed by atoms with Gasteiger partial charge >= 0.3 is 0 Å². The lowest BCUT2D eigenvalue weighted by molar-refractivity contribution is -0.383. The van der Waals surface area contributed by atoms with Gasteiger partial charge in [-0.05, 0) is 45.9 Å². The van der Waals surface area contributed by atoms with E-state index in [4.69, 9.17) is 44.6 Å². The third-order valence-corrected chi connectivity index (χ3v) is 19.0. The van der Waals surface area contributed by atoms with Crippen LogP contribution in [0.25, 0.3) is 0 Å². The number of aliphatic hydroxyl groups excluding tert-OH is 12. The minimum absolute atomic E-state index is 0.0117. The summed E-state index contributed by atoms with van der Waals surface area (Å²) >= 11 is 1.84. The Bertz CT molecular complexity index is 3390. The van der Waals surface area contributed by atoms with Gasteiger partial charge in [-0.15, -0.1) is 0 Å². The number of halogens is 1. The standard InChI is InChI=1S/C61H81IN12O25/c1-23(25-8-4-2-5-9-25)37-53(90)68-28(15-24-12-13-32(27(62)14-24)95-58-47(86)44(83)49(34(21-77)96-58)99-59-48(87)45(84)50-35(97-59)22-93-57(98-50)26-10-6-3-7-11-26)52(89)72-38(40(79)29-16-66-60(63)70-29)55(92)73-39(54(91)69-30(19-75)51(88)65-18-36(78)71-37)41(80)31-17-67-61(64)74(31)56-46(85)43(82)42(81)33(20-76)94-56/h2-14,23,28-31,33-35,37-50,56-59,75-77,79-87H,15-22H2,1H3,(H2,64,67)(H,65,88)(H,68,90)(H,69,91)(H,71,78)(H,72,89)(H,73,92)(H3,63,66,70). The molecule has 7 aliphatic heterocycles. The molecule has 23 N–H and O–H groups in total. The summed E-state index contributed by atoms with van der Waals surface area (Å²) in [5, 5.41) is 151. The van der Waals surface area contributed by atoms with E-state index in [1.165, 1.54) is 18.2 Å². The number of ether oxygens (including phenoxy) is 7. The van der Waals surface area contributed by atoms with Crippen LogP contribution in [0.4, 0.5) is 0 Å². The molecule has 0 radical (unpaired) electrons. The summed E-state index contributed by atoms with van der Waals surface area (Å²) in [6, 6.07) is 8.64. The molecule has 0 aromatic heterocycles. The lowest BCUT2D eigenvalue weighted by Crippen LogP contribution is -2.70. The number of nitrogens with zero attached hydrogens (tertiary/aromatic N) is 3. The van der Waals surface area contributed by atoms with E-state index in [0.717, 1.165) is 4.90 Å². The maximum Gasteiger partial charge on any atom is 0.246 e. The van der Waals surface area contributed by atoms with Gasteiger partial charge in [0.2, 0.25) is 41.7 Å². The second-order valence-corrected chi connectivity index (χ2v) is 25.8. The number of amides is 6. The molecular formula is C61H81IN12O25. The zero-order valence-corrected chi connectivity index (χ0v) is 54.9. The molecule has 37 nitrogen and oxygen atoms in total. The molecule has 542 valence electrons. The minimum atomic E-state index is -2.35. The molecule has 0 saturated carbocycles. The van der Waals surface area contributed by atoms with Gasteiger partial charge in [0.1, 0.15) is 121 Å². The number of aliphatic imine (C=N–C) groups is 2. The Balaban J connectivity index is 0.922. The number of fused-ring (bicyclic) bond motifs is 1. The fraction of sp³-hybridized carbons (Fsp3) is 0.574. The SMILES string of the molecule is CC(c1ccccc1)C1NC(=O)CNC(=O)C(CO)NC(=O)C(C(O)C2CN=C(N)N2C2OC(CO)C(O)C(O)C2O)NC(=O)C(C(O)C2CN=C(N)N2)NC(=O)C(Cc2ccc(OC3OC(CO)C(OC4OC5COC(c6ccccc6)OC5C(O)C4O)C(O)C3O)c(I)c2)NC1=O. The molecule has 0 bridgehead atoms. The average molecular weight is 1510 g/mol. The van der Waals surface area contributed by atoms with Gasteiger partial charge in [0.25, 0.3) is 0 Å². The molecule has 26 atom stereocenters. The van der Waals surface area contributed by atoms with Crippen LogP contribution < -0.4 is 53.4 Å². The van der Waals surface area contributed by atoms with E-state index in [9.17, 15) is 80.5 Å². The van der Waals surface area contributed by atoms with Crippen molar-refractivity contribution in [3.63, 3.8) is 0 Å². The maximum atomic E-state index is 15.3. The van der Waals surface area contributed by atoms with Crippen molar-refractivity contribution in [1.82, 2.24) is 42.1 Å². The largest absolute Gasteiger partial charge is 0.461 e. The highest BCUT2D eigenvalue weighted by Gasteiger charge is 2.55.